The summed E-state index contributed by atoms with van der Waals surface area (Å²) in [5.74, 6) is 0.491. The second-order valence-electron chi connectivity index (χ2n) is 5.15. The molecular formula is C13H14ClFN2O2S. The Morgan fingerprint density at radius 3 is 2.85 bits per heavy atom. The van der Waals surface area contributed by atoms with E-state index in [0.717, 1.165) is 5.52 Å². The van der Waals surface area contributed by atoms with Crippen molar-refractivity contribution in [3.63, 3.8) is 0 Å². The van der Waals surface area contributed by atoms with Gasteiger partial charge in [0.25, 0.3) is 0 Å². The van der Waals surface area contributed by atoms with Gasteiger partial charge in [-0.2, -0.15) is 0 Å². The fourth-order valence-electron chi connectivity index (χ4n) is 2.73. The first-order valence-electron chi connectivity index (χ1n) is 6.39. The molecule has 108 valence electrons. The summed E-state index contributed by atoms with van der Waals surface area (Å²) >= 11 is 6.14. The van der Waals surface area contributed by atoms with E-state index in [1.807, 2.05) is 4.57 Å². The quantitative estimate of drug-likeness (QED) is 0.801. The average Bonchev–Trinajstić information content (AvgIpc) is 2.88. The van der Waals surface area contributed by atoms with Gasteiger partial charge in [0.2, 0.25) is 0 Å². The Bertz CT molecular complexity index is 770. The van der Waals surface area contributed by atoms with Gasteiger partial charge in [0, 0.05) is 6.07 Å². The molecule has 0 spiro atoms. The number of rotatable bonds is 2. The molecule has 0 radical (unpaired) electrons. The molecule has 2 aromatic rings. The standard InChI is InChI=1S/C13H14ClFN2O2S/c1-8(14)13-16-11-6-9(15)2-3-12(11)17(13)10-4-5-20(18,19)7-10/h2-3,6,8,10H,4-5,7H2,1H3. The lowest BCUT2D eigenvalue weighted by molar-refractivity contribution is 0.545. The van der Waals surface area contributed by atoms with Crippen molar-refractivity contribution in [2.75, 3.05) is 11.5 Å². The molecule has 2 atom stereocenters. The van der Waals surface area contributed by atoms with Crippen LogP contribution in [0.2, 0.25) is 0 Å². The Hall–Kier alpha value is -1.14. The fraction of sp³-hybridized carbons (Fsp3) is 0.462. The highest BCUT2D eigenvalue weighted by molar-refractivity contribution is 7.91. The van der Waals surface area contributed by atoms with E-state index >= 15 is 0 Å². The van der Waals surface area contributed by atoms with Gasteiger partial charge in [0.05, 0.1) is 34.0 Å². The monoisotopic (exact) mass is 316 g/mol. The first-order chi connectivity index (χ1) is 9.37. The van der Waals surface area contributed by atoms with Gasteiger partial charge >= 0.3 is 0 Å². The molecular weight excluding hydrogens is 303 g/mol. The molecule has 2 heterocycles. The van der Waals surface area contributed by atoms with Crippen molar-refractivity contribution in [2.24, 2.45) is 0 Å². The van der Waals surface area contributed by atoms with Gasteiger partial charge in [-0.25, -0.2) is 17.8 Å². The van der Waals surface area contributed by atoms with Crippen LogP contribution in [0.25, 0.3) is 11.0 Å². The summed E-state index contributed by atoms with van der Waals surface area (Å²) in [7, 11) is -3.01. The van der Waals surface area contributed by atoms with E-state index in [1.54, 1.807) is 13.0 Å². The van der Waals surface area contributed by atoms with Crippen LogP contribution < -0.4 is 0 Å². The van der Waals surface area contributed by atoms with E-state index in [2.05, 4.69) is 4.98 Å². The highest BCUT2D eigenvalue weighted by atomic mass is 35.5. The summed E-state index contributed by atoms with van der Waals surface area (Å²) in [4.78, 5) is 4.36. The zero-order valence-corrected chi connectivity index (χ0v) is 12.5. The first kappa shape index (κ1) is 13.8. The highest BCUT2D eigenvalue weighted by Gasteiger charge is 2.32. The number of hydrogen-bond acceptors (Lipinski definition) is 3. The zero-order chi connectivity index (χ0) is 14.5. The maximum Gasteiger partial charge on any atom is 0.152 e. The molecule has 2 unspecified atom stereocenters. The van der Waals surface area contributed by atoms with E-state index < -0.39 is 9.84 Å². The van der Waals surface area contributed by atoms with Crippen molar-refractivity contribution in [3.05, 3.63) is 29.8 Å². The topological polar surface area (TPSA) is 52.0 Å². The normalized spacial score (nSPS) is 23.2. The molecule has 1 aromatic heterocycles. The van der Waals surface area contributed by atoms with E-state index in [0.29, 0.717) is 17.8 Å². The molecule has 20 heavy (non-hydrogen) atoms. The van der Waals surface area contributed by atoms with Crippen molar-refractivity contribution >= 4 is 32.5 Å². The van der Waals surface area contributed by atoms with Crippen LogP contribution in [0.15, 0.2) is 18.2 Å². The molecule has 4 nitrogen and oxygen atoms in total. The lowest BCUT2D eigenvalue weighted by Crippen LogP contribution is -2.14. The van der Waals surface area contributed by atoms with Crippen LogP contribution in [0, 0.1) is 5.82 Å². The van der Waals surface area contributed by atoms with Crippen LogP contribution in [0.5, 0.6) is 0 Å². The van der Waals surface area contributed by atoms with Gasteiger partial charge in [-0.05, 0) is 25.5 Å². The van der Waals surface area contributed by atoms with Gasteiger partial charge in [-0.1, -0.05) is 0 Å². The fourth-order valence-corrected chi connectivity index (χ4v) is 4.59. The molecule has 0 amide bonds. The van der Waals surface area contributed by atoms with Crippen molar-refractivity contribution in [1.29, 1.82) is 0 Å². The highest BCUT2D eigenvalue weighted by Crippen LogP contribution is 2.33. The number of hydrogen-bond donors (Lipinski definition) is 0. The molecule has 7 heteroatoms. The number of alkyl halides is 1. The number of fused-ring (bicyclic) bond motifs is 1. The van der Waals surface area contributed by atoms with E-state index in [1.165, 1.54) is 12.1 Å². The Morgan fingerprint density at radius 2 is 2.25 bits per heavy atom. The Morgan fingerprint density at radius 1 is 1.50 bits per heavy atom. The van der Waals surface area contributed by atoms with Crippen LogP contribution in [-0.2, 0) is 9.84 Å². The van der Waals surface area contributed by atoms with Crippen molar-refractivity contribution in [1.82, 2.24) is 9.55 Å². The number of halogens is 2. The van der Waals surface area contributed by atoms with Gasteiger partial charge in [0.1, 0.15) is 11.6 Å². The second kappa shape index (κ2) is 4.70. The Labute approximate surface area is 121 Å². The molecule has 0 N–H and O–H groups in total. The number of benzene rings is 1. The summed E-state index contributed by atoms with van der Waals surface area (Å²) in [5, 5.41) is -0.367. The SMILES string of the molecule is CC(Cl)c1nc2cc(F)ccc2n1C1CCS(=O)(=O)C1. The minimum atomic E-state index is -3.01. The smallest absolute Gasteiger partial charge is 0.152 e. The van der Waals surface area contributed by atoms with Crippen LogP contribution in [0.3, 0.4) is 0 Å². The van der Waals surface area contributed by atoms with Gasteiger partial charge in [-0.3, -0.25) is 0 Å². The minimum Gasteiger partial charge on any atom is -0.323 e. The van der Waals surface area contributed by atoms with Crippen LogP contribution in [-0.4, -0.2) is 29.5 Å². The molecule has 1 saturated heterocycles. The van der Waals surface area contributed by atoms with Crippen molar-refractivity contribution in [2.45, 2.75) is 24.8 Å². The number of imidazole rings is 1. The molecule has 1 aliphatic heterocycles. The Balaban J connectivity index is 2.19. The summed E-state index contributed by atoms with van der Waals surface area (Å²) in [6.45, 7) is 1.78. The average molecular weight is 317 g/mol. The van der Waals surface area contributed by atoms with Crippen molar-refractivity contribution in [3.8, 4) is 0 Å². The number of nitrogens with zero attached hydrogens (tertiary/aromatic N) is 2. The van der Waals surface area contributed by atoms with E-state index in [4.69, 9.17) is 11.6 Å². The third-order valence-electron chi connectivity index (χ3n) is 3.61. The van der Waals surface area contributed by atoms with Gasteiger partial charge in [-0.15, -0.1) is 11.6 Å². The third-order valence-corrected chi connectivity index (χ3v) is 5.55. The number of aromatic nitrogens is 2. The lowest BCUT2D eigenvalue weighted by Gasteiger charge is -2.16. The maximum atomic E-state index is 13.3. The van der Waals surface area contributed by atoms with E-state index in [9.17, 15) is 12.8 Å². The van der Waals surface area contributed by atoms with Crippen LogP contribution >= 0.6 is 11.6 Å². The molecule has 1 fully saturated rings. The lowest BCUT2D eigenvalue weighted by atomic mass is 10.2. The third kappa shape index (κ3) is 2.31. The molecule has 0 bridgehead atoms. The van der Waals surface area contributed by atoms with Crippen molar-refractivity contribution < 1.29 is 12.8 Å². The van der Waals surface area contributed by atoms with Crippen LogP contribution in [0.4, 0.5) is 4.39 Å². The summed E-state index contributed by atoms with van der Waals surface area (Å²) in [5.41, 5.74) is 1.24. The molecule has 0 saturated carbocycles. The second-order valence-corrected chi connectivity index (χ2v) is 8.03. The zero-order valence-electron chi connectivity index (χ0n) is 10.9. The van der Waals surface area contributed by atoms with Gasteiger partial charge in [0.15, 0.2) is 9.84 Å². The van der Waals surface area contributed by atoms with Crippen LogP contribution in [0.1, 0.15) is 30.6 Å². The molecule has 1 aromatic carbocycles. The predicted octanol–water partition coefficient (Wildman–Crippen LogP) is 2.83. The summed E-state index contributed by atoms with van der Waals surface area (Å²) < 4.78 is 38.5. The van der Waals surface area contributed by atoms with E-state index in [-0.39, 0.29) is 28.7 Å². The maximum absolute atomic E-state index is 13.3. The molecule has 0 aliphatic carbocycles. The summed E-state index contributed by atoms with van der Waals surface area (Å²) in [6, 6.07) is 4.16. The minimum absolute atomic E-state index is 0.0897. The first-order valence-corrected chi connectivity index (χ1v) is 8.65. The molecule has 3 rings (SSSR count). The number of sulfone groups is 1. The largest absolute Gasteiger partial charge is 0.323 e. The predicted molar refractivity (Wildman–Crippen MR) is 76.3 cm³/mol. The Kier molecular flexibility index (Phi) is 3.25. The molecule has 1 aliphatic rings. The summed E-state index contributed by atoms with van der Waals surface area (Å²) in [6.07, 6.45) is 0.543. The van der Waals surface area contributed by atoms with Gasteiger partial charge < -0.3 is 4.57 Å².